The number of carboxylic acids is 1. The molecule has 1 atom stereocenters. The molecule has 0 spiro atoms. The molecule has 2 aliphatic rings. The summed E-state index contributed by atoms with van der Waals surface area (Å²) in [6.45, 7) is 2.05. The van der Waals surface area contributed by atoms with Crippen molar-refractivity contribution in [1.82, 2.24) is 5.32 Å². The topological polar surface area (TPSA) is 66.4 Å². The maximum absolute atomic E-state index is 12.1. The first-order valence-electron chi connectivity index (χ1n) is 7.50. The minimum absolute atomic E-state index is 0.0382. The van der Waals surface area contributed by atoms with Crippen LogP contribution in [0.25, 0.3) is 0 Å². The van der Waals surface area contributed by atoms with Crippen molar-refractivity contribution in [3.05, 3.63) is 0 Å². The van der Waals surface area contributed by atoms with Gasteiger partial charge in [-0.1, -0.05) is 25.7 Å². The molecule has 0 heterocycles. The van der Waals surface area contributed by atoms with Crippen LogP contribution in [0.3, 0.4) is 0 Å². The summed E-state index contributed by atoms with van der Waals surface area (Å²) >= 11 is 0. The fourth-order valence-corrected chi connectivity index (χ4v) is 3.44. The summed E-state index contributed by atoms with van der Waals surface area (Å²) in [5, 5.41) is 12.1. The Kier molecular flexibility index (Phi) is 4.48. The van der Waals surface area contributed by atoms with Gasteiger partial charge in [-0.3, -0.25) is 9.59 Å². The first kappa shape index (κ1) is 14.4. The Hall–Kier alpha value is -1.06. The Morgan fingerprint density at radius 3 is 2.42 bits per heavy atom. The Morgan fingerprint density at radius 2 is 1.89 bits per heavy atom. The van der Waals surface area contributed by atoms with Gasteiger partial charge in [-0.05, 0) is 37.5 Å². The highest BCUT2D eigenvalue weighted by molar-refractivity contribution is 5.78. The summed E-state index contributed by atoms with van der Waals surface area (Å²) in [5.74, 6) is 0.0618. The van der Waals surface area contributed by atoms with Crippen LogP contribution in [-0.4, -0.2) is 23.0 Å². The molecule has 108 valence electrons. The Bertz CT molecular complexity index is 343. The van der Waals surface area contributed by atoms with Gasteiger partial charge in [0.15, 0.2) is 0 Å². The molecule has 19 heavy (non-hydrogen) atoms. The molecule has 4 heteroatoms. The molecule has 0 radical (unpaired) electrons. The first-order chi connectivity index (χ1) is 8.99. The van der Waals surface area contributed by atoms with Crippen LogP contribution in [0.15, 0.2) is 0 Å². The van der Waals surface area contributed by atoms with Crippen LogP contribution in [0.2, 0.25) is 0 Å². The van der Waals surface area contributed by atoms with Gasteiger partial charge in [0.1, 0.15) is 0 Å². The zero-order valence-electron chi connectivity index (χ0n) is 11.8. The standard InChI is InChI=1S/C15H25NO3/c1-11(8-12-4-5-12)16-13(17)9-15(10-14(18)19)6-2-3-7-15/h11-12H,2-10H2,1H3,(H,16,17)(H,18,19). The molecule has 4 nitrogen and oxygen atoms in total. The van der Waals surface area contributed by atoms with Gasteiger partial charge in [-0.15, -0.1) is 0 Å². The van der Waals surface area contributed by atoms with Crippen molar-refractivity contribution in [1.29, 1.82) is 0 Å². The quantitative estimate of drug-likeness (QED) is 0.745. The first-order valence-corrected chi connectivity index (χ1v) is 7.50. The predicted octanol–water partition coefficient (Wildman–Crippen LogP) is 2.72. The van der Waals surface area contributed by atoms with Gasteiger partial charge in [-0.2, -0.15) is 0 Å². The van der Waals surface area contributed by atoms with E-state index in [-0.39, 0.29) is 23.8 Å². The average Bonchev–Trinajstić information content (AvgIpc) is 2.97. The van der Waals surface area contributed by atoms with E-state index in [4.69, 9.17) is 5.11 Å². The maximum atomic E-state index is 12.1. The fourth-order valence-electron chi connectivity index (χ4n) is 3.44. The molecule has 0 saturated heterocycles. The van der Waals surface area contributed by atoms with Gasteiger partial charge < -0.3 is 10.4 Å². The summed E-state index contributed by atoms with van der Waals surface area (Å²) in [5.41, 5.74) is -0.283. The summed E-state index contributed by atoms with van der Waals surface area (Å²) in [6.07, 6.45) is 8.04. The molecule has 1 unspecified atom stereocenters. The number of carbonyl (C=O) groups excluding carboxylic acids is 1. The number of aliphatic carboxylic acids is 1. The van der Waals surface area contributed by atoms with Crippen LogP contribution in [0.1, 0.15) is 64.7 Å². The highest BCUT2D eigenvalue weighted by Gasteiger charge is 2.38. The molecule has 2 fully saturated rings. The summed E-state index contributed by atoms with van der Waals surface area (Å²) in [4.78, 5) is 23.1. The highest BCUT2D eigenvalue weighted by Crippen LogP contribution is 2.44. The molecule has 0 aromatic carbocycles. The second-order valence-corrected chi connectivity index (χ2v) is 6.60. The van der Waals surface area contributed by atoms with Crippen molar-refractivity contribution in [2.24, 2.45) is 11.3 Å². The van der Waals surface area contributed by atoms with Crippen LogP contribution >= 0.6 is 0 Å². The third kappa shape index (κ3) is 4.51. The van der Waals surface area contributed by atoms with Gasteiger partial charge in [-0.25, -0.2) is 0 Å². The minimum atomic E-state index is -0.777. The molecule has 0 bridgehead atoms. The second kappa shape index (κ2) is 5.93. The minimum Gasteiger partial charge on any atom is -0.481 e. The van der Waals surface area contributed by atoms with Crippen molar-refractivity contribution >= 4 is 11.9 Å². The number of hydrogen-bond acceptors (Lipinski definition) is 2. The van der Waals surface area contributed by atoms with E-state index in [0.717, 1.165) is 38.0 Å². The molecular weight excluding hydrogens is 242 g/mol. The average molecular weight is 267 g/mol. The van der Waals surface area contributed by atoms with E-state index < -0.39 is 5.97 Å². The van der Waals surface area contributed by atoms with E-state index in [9.17, 15) is 9.59 Å². The van der Waals surface area contributed by atoms with Crippen LogP contribution in [0.4, 0.5) is 0 Å². The number of carbonyl (C=O) groups is 2. The third-order valence-corrected chi connectivity index (χ3v) is 4.52. The normalized spacial score (nSPS) is 23.0. The van der Waals surface area contributed by atoms with Crippen molar-refractivity contribution in [2.75, 3.05) is 0 Å². The van der Waals surface area contributed by atoms with E-state index in [2.05, 4.69) is 12.2 Å². The smallest absolute Gasteiger partial charge is 0.303 e. The van der Waals surface area contributed by atoms with Crippen molar-refractivity contribution in [2.45, 2.75) is 70.8 Å². The predicted molar refractivity (Wildman–Crippen MR) is 72.7 cm³/mol. The van der Waals surface area contributed by atoms with Crippen molar-refractivity contribution in [3.8, 4) is 0 Å². The van der Waals surface area contributed by atoms with Gasteiger partial charge in [0.05, 0.1) is 6.42 Å². The Balaban J connectivity index is 1.82. The van der Waals surface area contributed by atoms with Gasteiger partial charge in [0.2, 0.25) is 5.91 Å². The number of nitrogens with one attached hydrogen (secondary N) is 1. The Labute approximate surface area is 115 Å². The molecule has 0 aromatic heterocycles. The van der Waals surface area contributed by atoms with Gasteiger partial charge in [0.25, 0.3) is 0 Å². The number of hydrogen-bond donors (Lipinski definition) is 2. The lowest BCUT2D eigenvalue weighted by Gasteiger charge is -2.27. The zero-order valence-corrected chi connectivity index (χ0v) is 11.8. The highest BCUT2D eigenvalue weighted by atomic mass is 16.4. The van der Waals surface area contributed by atoms with Crippen LogP contribution in [0.5, 0.6) is 0 Å². The van der Waals surface area contributed by atoms with Crippen LogP contribution in [-0.2, 0) is 9.59 Å². The lowest BCUT2D eigenvalue weighted by molar-refractivity contribution is -0.140. The summed E-state index contributed by atoms with van der Waals surface area (Å²) in [6, 6.07) is 0.225. The van der Waals surface area contributed by atoms with Crippen LogP contribution in [0, 0.1) is 11.3 Å². The van der Waals surface area contributed by atoms with E-state index in [0.29, 0.717) is 6.42 Å². The summed E-state index contributed by atoms with van der Waals surface area (Å²) in [7, 11) is 0. The van der Waals surface area contributed by atoms with Gasteiger partial charge in [0, 0.05) is 12.5 Å². The number of amides is 1. The van der Waals surface area contributed by atoms with Crippen molar-refractivity contribution in [3.63, 3.8) is 0 Å². The molecule has 0 aromatic rings. The second-order valence-electron chi connectivity index (χ2n) is 6.60. The molecule has 2 rings (SSSR count). The molecule has 2 saturated carbocycles. The fraction of sp³-hybridized carbons (Fsp3) is 0.867. The Morgan fingerprint density at radius 1 is 1.26 bits per heavy atom. The molecule has 0 aliphatic heterocycles. The molecule has 2 N–H and O–H groups in total. The maximum Gasteiger partial charge on any atom is 0.303 e. The zero-order chi connectivity index (χ0) is 13.9. The van der Waals surface area contributed by atoms with E-state index >= 15 is 0 Å². The number of rotatable bonds is 7. The van der Waals surface area contributed by atoms with Gasteiger partial charge >= 0.3 is 5.97 Å². The van der Waals surface area contributed by atoms with Crippen molar-refractivity contribution < 1.29 is 14.7 Å². The molecule has 1 amide bonds. The molecule has 2 aliphatic carbocycles. The summed E-state index contributed by atoms with van der Waals surface area (Å²) < 4.78 is 0. The number of carboxylic acid groups (broad SMARTS) is 1. The van der Waals surface area contributed by atoms with E-state index in [1.807, 2.05) is 0 Å². The lowest BCUT2D eigenvalue weighted by Crippen LogP contribution is -2.37. The lowest BCUT2D eigenvalue weighted by atomic mass is 9.79. The largest absolute Gasteiger partial charge is 0.481 e. The monoisotopic (exact) mass is 267 g/mol. The SMILES string of the molecule is CC(CC1CC1)NC(=O)CC1(CC(=O)O)CCCC1. The molecular formula is C15H25NO3. The van der Waals surface area contributed by atoms with E-state index in [1.54, 1.807) is 0 Å². The van der Waals surface area contributed by atoms with Crippen LogP contribution < -0.4 is 5.32 Å². The third-order valence-electron chi connectivity index (χ3n) is 4.52. The van der Waals surface area contributed by atoms with E-state index in [1.165, 1.54) is 12.8 Å².